The zero-order chi connectivity index (χ0) is 12.8. The van der Waals surface area contributed by atoms with E-state index in [1.165, 1.54) is 30.6 Å². The van der Waals surface area contributed by atoms with Gasteiger partial charge in [-0.3, -0.25) is 0 Å². The molecule has 18 heavy (non-hydrogen) atoms. The second-order valence-corrected chi connectivity index (χ2v) is 6.24. The lowest BCUT2D eigenvalue weighted by Crippen LogP contribution is -2.40. The van der Waals surface area contributed by atoms with Crippen molar-refractivity contribution in [1.29, 1.82) is 0 Å². The number of ether oxygens (including phenoxy) is 1. The first-order valence-electron chi connectivity index (χ1n) is 7.18. The van der Waals surface area contributed by atoms with Crippen LogP contribution in [0.2, 0.25) is 0 Å². The molecule has 0 amide bonds. The Hall–Kier alpha value is -0.380. The summed E-state index contributed by atoms with van der Waals surface area (Å²) in [4.78, 5) is 1.50. The molecule has 3 heteroatoms. The summed E-state index contributed by atoms with van der Waals surface area (Å²) in [6.07, 6.45) is 5.27. The molecule has 2 rings (SSSR count). The molecule has 0 bridgehead atoms. The van der Waals surface area contributed by atoms with Crippen LogP contribution in [0.4, 0.5) is 0 Å². The maximum absolute atomic E-state index is 5.73. The van der Waals surface area contributed by atoms with Gasteiger partial charge in [0.2, 0.25) is 0 Å². The van der Waals surface area contributed by atoms with E-state index in [1.54, 1.807) is 0 Å². The highest BCUT2D eigenvalue weighted by molar-refractivity contribution is 7.09. The monoisotopic (exact) mass is 267 g/mol. The van der Waals surface area contributed by atoms with Gasteiger partial charge in [-0.15, -0.1) is 11.3 Å². The normalized spacial score (nSPS) is 25.4. The van der Waals surface area contributed by atoms with Crippen molar-refractivity contribution in [3.8, 4) is 0 Å². The zero-order valence-corrected chi connectivity index (χ0v) is 12.3. The van der Waals surface area contributed by atoms with Gasteiger partial charge in [-0.1, -0.05) is 13.0 Å². The van der Waals surface area contributed by atoms with Crippen LogP contribution in [0.15, 0.2) is 17.5 Å². The van der Waals surface area contributed by atoms with Crippen molar-refractivity contribution in [3.63, 3.8) is 0 Å². The van der Waals surface area contributed by atoms with Gasteiger partial charge in [-0.05, 0) is 50.6 Å². The topological polar surface area (TPSA) is 21.3 Å². The highest BCUT2D eigenvalue weighted by Gasteiger charge is 2.31. The van der Waals surface area contributed by atoms with Gasteiger partial charge in [-0.25, -0.2) is 0 Å². The summed E-state index contributed by atoms with van der Waals surface area (Å²) in [5, 5.41) is 5.90. The number of hydrogen-bond acceptors (Lipinski definition) is 3. The number of aryl methyl sites for hydroxylation is 1. The van der Waals surface area contributed by atoms with E-state index < -0.39 is 0 Å². The summed E-state index contributed by atoms with van der Waals surface area (Å²) in [6, 6.07) is 5.01. The molecule has 102 valence electrons. The summed E-state index contributed by atoms with van der Waals surface area (Å²) in [7, 11) is 0. The second-order valence-electron chi connectivity index (χ2n) is 5.21. The number of nitrogens with one attached hydrogen (secondary N) is 1. The zero-order valence-electron chi connectivity index (χ0n) is 11.5. The van der Waals surface area contributed by atoms with E-state index in [4.69, 9.17) is 4.74 Å². The van der Waals surface area contributed by atoms with Crippen LogP contribution in [0.5, 0.6) is 0 Å². The van der Waals surface area contributed by atoms with E-state index in [9.17, 15) is 0 Å². The first-order valence-corrected chi connectivity index (χ1v) is 8.06. The predicted molar refractivity (Wildman–Crippen MR) is 78.2 cm³/mol. The Bertz CT molecular complexity index is 325. The molecule has 1 aromatic rings. The summed E-state index contributed by atoms with van der Waals surface area (Å²) < 4.78 is 5.73. The highest BCUT2D eigenvalue weighted by Crippen LogP contribution is 2.27. The van der Waals surface area contributed by atoms with Crippen LogP contribution in [0, 0.1) is 5.92 Å². The average molecular weight is 267 g/mol. The van der Waals surface area contributed by atoms with Crippen LogP contribution in [0.3, 0.4) is 0 Å². The van der Waals surface area contributed by atoms with Gasteiger partial charge in [0.05, 0.1) is 6.10 Å². The average Bonchev–Trinajstić information content (AvgIpc) is 3.01. The molecule has 2 nitrogen and oxygen atoms in total. The van der Waals surface area contributed by atoms with Gasteiger partial charge in [0.15, 0.2) is 0 Å². The number of hydrogen-bond donors (Lipinski definition) is 1. The molecular weight excluding hydrogens is 242 g/mol. The Morgan fingerprint density at radius 1 is 1.56 bits per heavy atom. The molecule has 1 aliphatic heterocycles. The van der Waals surface area contributed by atoms with Crippen LogP contribution in [-0.2, 0) is 11.2 Å². The number of rotatable bonds is 7. The third-order valence-electron chi connectivity index (χ3n) is 3.89. The van der Waals surface area contributed by atoms with Crippen molar-refractivity contribution in [2.75, 3.05) is 13.2 Å². The summed E-state index contributed by atoms with van der Waals surface area (Å²) in [5.74, 6) is 0.691. The predicted octanol–water partition coefficient (Wildman–Crippen LogP) is 3.47. The second kappa shape index (κ2) is 7.27. The molecular formula is C15H25NOS. The van der Waals surface area contributed by atoms with Crippen molar-refractivity contribution in [2.24, 2.45) is 5.92 Å². The van der Waals surface area contributed by atoms with Crippen LogP contribution in [0.25, 0.3) is 0 Å². The molecule has 2 heterocycles. The van der Waals surface area contributed by atoms with Crippen molar-refractivity contribution in [3.05, 3.63) is 22.4 Å². The summed E-state index contributed by atoms with van der Waals surface area (Å²) in [6.45, 7) is 6.52. The first-order chi connectivity index (χ1) is 8.81. The van der Waals surface area contributed by atoms with E-state index in [2.05, 4.69) is 36.7 Å². The van der Waals surface area contributed by atoms with Crippen molar-refractivity contribution in [1.82, 2.24) is 5.32 Å². The van der Waals surface area contributed by atoms with Crippen LogP contribution in [-0.4, -0.2) is 25.3 Å². The third-order valence-corrected chi connectivity index (χ3v) is 4.83. The van der Waals surface area contributed by atoms with Gasteiger partial charge in [0, 0.05) is 23.4 Å². The highest BCUT2D eigenvalue weighted by atomic mass is 32.1. The third kappa shape index (κ3) is 3.81. The quantitative estimate of drug-likeness (QED) is 0.816. The Morgan fingerprint density at radius 2 is 2.44 bits per heavy atom. The van der Waals surface area contributed by atoms with Gasteiger partial charge in [0.25, 0.3) is 0 Å². The lowest BCUT2D eigenvalue weighted by molar-refractivity contribution is 0.0943. The largest absolute Gasteiger partial charge is 0.378 e. The van der Waals surface area contributed by atoms with E-state index >= 15 is 0 Å². The molecule has 0 saturated carbocycles. The van der Waals surface area contributed by atoms with E-state index in [-0.39, 0.29) is 0 Å². The Morgan fingerprint density at radius 3 is 3.06 bits per heavy atom. The molecule has 0 spiro atoms. The lowest BCUT2D eigenvalue weighted by atomic mass is 9.90. The van der Waals surface area contributed by atoms with E-state index in [0.717, 1.165) is 13.2 Å². The fourth-order valence-corrected chi connectivity index (χ4v) is 3.55. The van der Waals surface area contributed by atoms with Crippen LogP contribution < -0.4 is 5.32 Å². The molecule has 1 saturated heterocycles. The number of thiophene rings is 1. The van der Waals surface area contributed by atoms with Crippen molar-refractivity contribution >= 4 is 11.3 Å². The van der Waals surface area contributed by atoms with Crippen molar-refractivity contribution in [2.45, 2.75) is 51.7 Å². The maximum atomic E-state index is 5.73. The molecule has 0 radical (unpaired) electrons. The standard InChI is InChI=1S/C15H25NOS/c1-3-9-16-15(14-8-10-17-12(14)2)7-6-13-5-4-11-18-13/h4-5,11-12,14-16H,3,6-10H2,1-2H3. The van der Waals surface area contributed by atoms with Gasteiger partial charge >= 0.3 is 0 Å². The minimum atomic E-state index is 0.419. The summed E-state index contributed by atoms with van der Waals surface area (Å²) in [5.41, 5.74) is 0. The molecule has 3 atom stereocenters. The molecule has 1 aromatic heterocycles. The summed E-state index contributed by atoms with van der Waals surface area (Å²) >= 11 is 1.87. The van der Waals surface area contributed by atoms with Crippen LogP contribution >= 0.6 is 11.3 Å². The smallest absolute Gasteiger partial charge is 0.0590 e. The van der Waals surface area contributed by atoms with E-state index in [0.29, 0.717) is 18.1 Å². The Balaban J connectivity index is 1.87. The van der Waals surface area contributed by atoms with Gasteiger partial charge < -0.3 is 10.1 Å². The molecule has 1 fully saturated rings. The Kier molecular flexibility index (Phi) is 5.67. The van der Waals surface area contributed by atoms with Crippen LogP contribution in [0.1, 0.15) is 38.0 Å². The van der Waals surface area contributed by atoms with E-state index in [1.807, 2.05) is 11.3 Å². The SMILES string of the molecule is CCCNC(CCc1cccs1)C1CCOC1C. The molecule has 0 aliphatic carbocycles. The fraction of sp³-hybridized carbons (Fsp3) is 0.733. The maximum Gasteiger partial charge on any atom is 0.0590 e. The molecule has 1 aliphatic rings. The van der Waals surface area contributed by atoms with Crippen molar-refractivity contribution < 1.29 is 4.74 Å². The fourth-order valence-electron chi connectivity index (χ4n) is 2.83. The minimum Gasteiger partial charge on any atom is -0.378 e. The van der Waals surface area contributed by atoms with Gasteiger partial charge in [-0.2, -0.15) is 0 Å². The molecule has 1 N–H and O–H groups in total. The molecule has 3 unspecified atom stereocenters. The minimum absolute atomic E-state index is 0.419. The lowest BCUT2D eigenvalue weighted by Gasteiger charge is -2.27. The molecule has 0 aromatic carbocycles. The first kappa shape index (κ1) is 14.0. The van der Waals surface area contributed by atoms with Gasteiger partial charge in [0.1, 0.15) is 0 Å². The Labute approximate surface area is 115 Å².